The number of fused-ring (bicyclic) bond motifs is 3. The Balaban J connectivity index is 1.85. The van der Waals surface area contributed by atoms with Crippen LogP contribution >= 0.6 is 0 Å². The van der Waals surface area contributed by atoms with E-state index in [1.54, 1.807) is 14.2 Å². The number of nitrogens with one attached hydrogen (secondary N) is 1. The van der Waals surface area contributed by atoms with Crippen molar-refractivity contribution in [1.82, 2.24) is 0 Å². The molecule has 0 amide bonds. The Morgan fingerprint density at radius 1 is 0.935 bits per heavy atom. The smallest absolute Gasteiger partial charge is 0.164 e. The molecule has 4 nitrogen and oxygen atoms in total. The summed E-state index contributed by atoms with van der Waals surface area (Å²) in [7, 11) is 3.31. The van der Waals surface area contributed by atoms with Gasteiger partial charge in [-0.1, -0.05) is 56.3 Å². The number of benzene rings is 3. The van der Waals surface area contributed by atoms with Gasteiger partial charge in [-0.05, 0) is 40.3 Å². The van der Waals surface area contributed by atoms with Crippen LogP contribution in [0, 0.1) is 5.41 Å². The Kier molecular flexibility index (Phi) is 4.54. The number of carbonyl (C=O) groups is 1. The predicted octanol–water partition coefficient (Wildman–Crippen LogP) is 6.06. The molecule has 4 heteroatoms. The number of rotatable bonds is 3. The van der Waals surface area contributed by atoms with Crippen molar-refractivity contribution >= 4 is 22.2 Å². The van der Waals surface area contributed by atoms with Crippen LogP contribution in [-0.2, 0) is 4.79 Å². The highest BCUT2D eigenvalue weighted by atomic mass is 16.5. The van der Waals surface area contributed by atoms with E-state index >= 15 is 0 Å². The first-order valence-electron chi connectivity index (χ1n) is 10.7. The number of anilines is 1. The second-order valence-corrected chi connectivity index (χ2v) is 9.22. The fraction of sp³-hybridized carbons (Fsp3) is 0.296. The highest BCUT2D eigenvalue weighted by Gasteiger charge is 2.42. The summed E-state index contributed by atoms with van der Waals surface area (Å²) in [6.07, 6.45) is 1.37. The van der Waals surface area contributed by atoms with Crippen molar-refractivity contribution in [2.45, 2.75) is 32.6 Å². The fourth-order valence-corrected chi connectivity index (χ4v) is 5.25. The van der Waals surface area contributed by atoms with Crippen LogP contribution < -0.4 is 14.8 Å². The monoisotopic (exact) mass is 413 g/mol. The van der Waals surface area contributed by atoms with Crippen LogP contribution in [0.2, 0.25) is 0 Å². The van der Waals surface area contributed by atoms with Gasteiger partial charge in [-0.3, -0.25) is 4.79 Å². The Morgan fingerprint density at radius 3 is 2.52 bits per heavy atom. The zero-order valence-electron chi connectivity index (χ0n) is 18.4. The van der Waals surface area contributed by atoms with Crippen LogP contribution in [0.25, 0.3) is 10.8 Å². The molecule has 0 saturated carbocycles. The summed E-state index contributed by atoms with van der Waals surface area (Å²) < 4.78 is 11.4. The number of hydrogen-bond acceptors (Lipinski definition) is 4. The molecule has 0 spiro atoms. The Hall–Kier alpha value is -3.27. The summed E-state index contributed by atoms with van der Waals surface area (Å²) in [5.74, 6) is 1.34. The van der Waals surface area contributed by atoms with Crippen LogP contribution in [0.4, 0.5) is 5.69 Å². The van der Waals surface area contributed by atoms with Gasteiger partial charge in [-0.2, -0.15) is 0 Å². The number of Topliss-reactive ketones (excluding diaryl/α,β-unsaturated/α-hetero) is 1. The van der Waals surface area contributed by atoms with Crippen molar-refractivity contribution in [3.05, 3.63) is 77.0 Å². The Morgan fingerprint density at radius 2 is 1.74 bits per heavy atom. The minimum atomic E-state index is -0.217. The van der Waals surface area contributed by atoms with E-state index in [1.807, 2.05) is 18.2 Å². The molecule has 2 aliphatic rings. The maximum absolute atomic E-state index is 13.6. The van der Waals surface area contributed by atoms with Crippen LogP contribution in [0.1, 0.15) is 43.7 Å². The first-order chi connectivity index (χ1) is 14.9. The molecule has 1 atom stereocenters. The average Bonchev–Trinajstić information content (AvgIpc) is 2.76. The molecule has 31 heavy (non-hydrogen) atoms. The molecule has 0 saturated heterocycles. The number of methoxy groups -OCH3 is 2. The highest BCUT2D eigenvalue weighted by molar-refractivity contribution is 6.04. The van der Waals surface area contributed by atoms with E-state index in [4.69, 9.17) is 9.47 Å². The molecule has 1 heterocycles. The molecular weight excluding hydrogens is 386 g/mol. The maximum atomic E-state index is 13.6. The number of para-hydroxylation sites is 1. The first-order valence-corrected chi connectivity index (χ1v) is 10.7. The van der Waals surface area contributed by atoms with E-state index < -0.39 is 0 Å². The topological polar surface area (TPSA) is 47.6 Å². The minimum Gasteiger partial charge on any atom is -0.493 e. The van der Waals surface area contributed by atoms with E-state index in [1.165, 1.54) is 0 Å². The van der Waals surface area contributed by atoms with Crippen LogP contribution in [0.3, 0.4) is 0 Å². The van der Waals surface area contributed by atoms with Gasteiger partial charge in [0.15, 0.2) is 17.3 Å². The fourth-order valence-electron chi connectivity index (χ4n) is 5.25. The molecule has 1 aliphatic carbocycles. The second kappa shape index (κ2) is 7.16. The van der Waals surface area contributed by atoms with Crippen molar-refractivity contribution in [3.63, 3.8) is 0 Å². The summed E-state index contributed by atoms with van der Waals surface area (Å²) in [4.78, 5) is 13.6. The van der Waals surface area contributed by atoms with Crippen molar-refractivity contribution in [2.75, 3.05) is 19.5 Å². The van der Waals surface area contributed by atoms with E-state index in [0.29, 0.717) is 17.9 Å². The third-order valence-corrected chi connectivity index (χ3v) is 6.50. The second-order valence-electron chi connectivity index (χ2n) is 9.22. The standard InChI is InChI=1S/C27H27NO3/c1-27(2)14-20-25(21(29)15-27)24(18-10-7-11-22(30-3)26(18)31-4)23-17-9-6-5-8-16(17)12-13-19(23)28-20/h5-13,24,28H,14-15H2,1-4H3/t24-/m1/s1. The SMILES string of the molecule is COc1cccc([C@H]2C3=C(CC(C)(C)CC3=O)Nc3ccc4ccccc4c32)c1OC. The van der Waals surface area contributed by atoms with Crippen molar-refractivity contribution in [1.29, 1.82) is 0 Å². The van der Waals surface area contributed by atoms with Crippen molar-refractivity contribution in [3.8, 4) is 11.5 Å². The predicted molar refractivity (Wildman–Crippen MR) is 124 cm³/mol. The Bertz CT molecular complexity index is 1240. The van der Waals surface area contributed by atoms with Gasteiger partial charge in [0.25, 0.3) is 0 Å². The molecule has 3 aromatic carbocycles. The van der Waals surface area contributed by atoms with Gasteiger partial charge in [-0.25, -0.2) is 0 Å². The lowest BCUT2D eigenvalue weighted by Crippen LogP contribution is -2.34. The molecule has 0 bridgehead atoms. The molecule has 158 valence electrons. The van der Waals surface area contributed by atoms with Gasteiger partial charge >= 0.3 is 0 Å². The summed E-state index contributed by atoms with van der Waals surface area (Å²) in [6, 6.07) is 18.6. The maximum Gasteiger partial charge on any atom is 0.164 e. The molecule has 0 radical (unpaired) electrons. The zero-order chi connectivity index (χ0) is 21.8. The number of ketones is 1. The number of ether oxygens (including phenoxy) is 2. The summed E-state index contributed by atoms with van der Waals surface area (Å²) >= 11 is 0. The quantitative estimate of drug-likeness (QED) is 0.567. The Labute approximate surface area is 182 Å². The molecule has 0 unspecified atom stereocenters. The van der Waals surface area contributed by atoms with Crippen LogP contribution in [0.5, 0.6) is 11.5 Å². The van der Waals surface area contributed by atoms with Crippen molar-refractivity contribution in [2.24, 2.45) is 5.41 Å². The van der Waals surface area contributed by atoms with Gasteiger partial charge in [0.1, 0.15) is 0 Å². The third kappa shape index (κ3) is 3.09. The van der Waals surface area contributed by atoms with Gasteiger partial charge in [0.2, 0.25) is 0 Å². The third-order valence-electron chi connectivity index (χ3n) is 6.50. The van der Waals surface area contributed by atoms with Crippen molar-refractivity contribution < 1.29 is 14.3 Å². The number of allylic oxidation sites excluding steroid dienone is 2. The lowest BCUT2D eigenvalue weighted by atomic mass is 9.68. The van der Waals surface area contributed by atoms with Gasteiger partial charge < -0.3 is 14.8 Å². The first kappa shape index (κ1) is 19.7. The largest absolute Gasteiger partial charge is 0.493 e. The summed E-state index contributed by atoms with van der Waals surface area (Å²) in [6.45, 7) is 4.32. The van der Waals surface area contributed by atoms with E-state index in [2.05, 4.69) is 55.6 Å². The lowest BCUT2D eigenvalue weighted by Gasteiger charge is -2.40. The van der Waals surface area contributed by atoms with E-state index in [0.717, 1.165) is 45.3 Å². The highest BCUT2D eigenvalue weighted by Crippen LogP contribution is 2.53. The van der Waals surface area contributed by atoms with Crippen LogP contribution in [0.15, 0.2) is 65.9 Å². The molecule has 1 N–H and O–H groups in total. The van der Waals surface area contributed by atoms with E-state index in [-0.39, 0.29) is 17.1 Å². The molecule has 0 fully saturated rings. The molecule has 3 aromatic rings. The average molecular weight is 414 g/mol. The molecule has 5 rings (SSSR count). The van der Waals surface area contributed by atoms with Gasteiger partial charge in [0, 0.05) is 34.9 Å². The lowest BCUT2D eigenvalue weighted by molar-refractivity contribution is -0.118. The van der Waals surface area contributed by atoms with Crippen LogP contribution in [-0.4, -0.2) is 20.0 Å². The van der Waals surface area contributed by atoms with E-state index in [9.17, 15) is 4.79 Å². The number of hydrogen-bond donors (Lipinski definition) is 1. The summed E-state index contributed by atoms with van der Waals surface area (Å²) in [5.41, 5.74) is 4.95. The summed E-state index contributed by atoms with van der Waals surface area (Å²) in [5, 5.41) is 5.93. The number of carbonyl (C=O) groups excluding carboxylic acids is 1. The zero-order valence-corrected chi connectivity index (χ0v) is 18.4. The van der Waals surface area contributed by atoms with Gasteiger partial charge in [-0.15, -0.1) is 0 Å². The van der Waals surface area contributed by atoms with Gasteiger partial charge in [0.05, 0.1) is 14.2 Å². The molecule has 1 aliphatic heterocycles. The minimum absolute atomic E-state index is 0.0692. The normalized spacial score (nSPS) is 19.5. The molecule has 0 aromatic heterocycles. The molecular formula is C27H27NO3.